The first-order valence-corrected chi connectivity index (χ1v) is 9.96. The van der Waals surface area contributed by atoms with Gasteiger partial charge in [0.15, 0.2) is 15.7 Å². The van der Waals surface area contributed by atoms with E-state index in [0.717, 1.165) is 23.2 Å². The van der Waals surface area contributed by atoms with Crippen LogP contribution in [0.4, 0.5) is 0 Å². The first-order chi connectivity index (χ1) is 12.4. The van der Waals surface area contributed by atoms with Crippen molar-refractivity contribution in [3.63, 3.8) is 0 Å². The molecule has 0 spiro atoms. The second-order valence-corrected chi connectivity index (χ2v) is 8.03. The third kappa shape index (κ3) is 4.54. The van der Waals surface area contributed by atoms with Gasteiger partial charge in [-0.25, -0.2) is 13.4 Å². The Kier molecular flexibility index (Phi) is 5.46. The Labute approximate surface area is 152 Å². The topological polar surface area (TPSA) is 108 Å². The maximum Gasteiger partial charge on any atom is 0.175 e. The molecule has 2 aromatic carbocycles. The van der Waals surface area contributed by atoms with Gasteiger partial charge in [0.2, 0.25) is 0 Å². The van der Waals surface area contributed by atoms with Crippen molar-refractivity contribution in [3.8, 4) is 11.4 Å². The van der Waals surface area contributed by atoms with Gasteiger partial charge in [0, 0.05) is 24.9 Å². The summed E-state index contributed by atoms with van der Waals surface area (Å²) in [6, 6.07) is 14.2. The van der Waals surface area contributed by atoms with Gasteiger partial charge in [0.25, 0.3) is 0 Å². The molecule has 0 saturated carbocycles. The summed E-state index contributed by atoms with van der Waals surface area (Å²) < 4.78 is 22.9. The van der Waals surface area contributed by atoms with Crippen LogP contribution in [-0.4, -0.2) is 41.5 Å². The molecule has 3 N–H and O–H groups in total. The summed E-state index contributed by atoms with van der Waals surface area (Å²) >= 11 is 0. The molecule has 26 heavy (non-hydrogen) atoms. The minimum atomic E-state index is -3.23. The molecule has 1 unspecified atom stereocenters. The molecule has 8 heteroatoms. The van der Waals surface area contributed by atoms with Crippen LogP contribution in [0.25, 0.3) is 11.4 Å². The van der Waals surface area contributed by atoms with Crippen LogP contribution in [-0.2, 0) is 16.4 Å². The lowest BCUT2D eigenvalue weighted by molar-refractivity contribution is 0.174. The van der Waals surface area contributed by atoms with Crippen LogP contribution < -0.4 is 5.32 Å². The molecule has 0 aliphatic rings. The van der Waals surface area contributed by atoms with E-state index in [2.05, 4.69) is 20.5 Å². The van der Waals surface area contributed by atoms with E-state index in [9.17, 15) is 13.5 Å². The van der Waals surface area contributed by atoms with Crippen molar-refractivity contribution >= 4 is 9.84 Å². The SMILES string of the molecule is CS(=O)(=O)c1ccc(C(O)CNCc2ccc(-c3ncn[nH]3)cc2)cc1. The van der Waals surface area contributed by atoms with Crippen LogP contribution in [0.1, 0.15) is 17.2 Å². The number of nitrogens with one attached hydrogen (secondary N) is 2. The molecule has 0 fully saturated rings. The van der Waals surface area contributed by atoms with Crippen molar-refractivity contribution in [1.82, 2.24) is 20.5 Å². The van der Waals surface area contributed by atoms with Gasteiger partial charge in [-0.3, -0.25) is 5.10 Å². The molecule has 1 heterocycles. The molecule has 136 valence electrons. The number of aromatic nitrogens is 3. The number of aliphatic hydroxyl groups excluding tert-OH is 1. The number of hydrogen-bond acceptors (Lipinski definition) is 6. The average molecular weight is 372 g/mol. The minimum Gasteiger partial charge on any atom is -0.387 e. The van der Waals surface area contributed by atoms with E-state index in [-0.39, 0.29) is 4.90 Å². The van der Waals surface area contributed by atoms with Crippen molar-refractivity contribution in [2.75, 3.05) is 12.8 Å². The normalized spacial score (nSPS) is 12.8. The minimum absolute atomic E-state index is 0.244. The Balaban J connectivity index is 1.52. The summed E-state index contributed by atoms with van der Waals surface area (Å²) in [6.07, 6.45) is 1.92. The van der Waals surface area contributed by atoms with Gasteiger partial charge >= 0.3 is 0 Å². The summed E-state index contributed by atoms with van der Waals surface area (Å²) in [7, 11) is -3.23. The number of nitrogens with zero attached hydrogens (tertiary/aromatic N) is 2. The van der Waals surface area contributed by atoms with Gasteiger partial charge in [-0.05, 0) is 23.3 Å². The van der Waals surface area contributed by atoms with E-state index in [1.54, 1.807) is 12.1 Å². The fraction of sp³-hybridized carbons (Fsp3) is 0.222. The molecule has 0 saturated heterocycles. The Morgan fingerprint density at radius 1 is 1.12 bits per heavy atom. The molecular formula is C18H20N4O3S. The number of aliphatic hydroxyl groups is 1. The summed E-state index contributed by atoms with van der Waals surface area (Å²) in [5.74, 6) is 0.720. The Bertz CT molecular complexity index is 937. The Hall–Kier alpha value is -2.55. The van der Waals surface area contributed by atoms with Gasteiger partial charge in [0.05, 0.1) is 11.0 Å². The fourth-order valence-electron chi connectivity index (χ4n) is 2.53. The van der Waals surface area contributed by atoms with Crippen LogP contribution in [0.3, 0.4) is 0 Å². The molecule has 3 rings (SSSR count). The number of rotatable bonds is 7. The molecule has 0 radical (unpaired) electrons. The van der Waals surface area contributed by atoms with E-state index in [1.807, 2.05) is 24.3 Å². The third-order valence-corrected chi connectivity index (χ3v) is 5.13. The standard InChI is InChI=1S/C18H20N4O3S/c1-26(24,25)16-8-6-14(7-9-16)17(23)11-19-10-13-2-4-15(5-3-13)18-20-12-21-22-18/h2-9,12,17,19,23H,10-11H2,1H3,(H,20,21,22). The van der Waals surface area contributed by atoms with Crippen LogP contribution in [0.5, 0.6) is 0 Å². The van der Waals surface area contributed by atoms with Gasteiger partial charge in [-0.15, -0.1) is 0 Å². The van der Waals surface area contributed by atoms with E-state index in [1.165, 1.54) is 18.5 Å². The van der Waals surface area contributed by atoms with Gasteiger partial charge in [-0.2, -0.15) is 5.10 Å². The maximum absolute atomic E-state index is 11.5. The van der Waals surface area contributed by atoms with Crippen molar-refractivity contribution < 1.29 is 13.5 Å². The molecular weight excluding hydrogens is 352 g/mol. The fourth-order valence-corrected chi connectivity index (χ4v) is 3.16. The van der Waals surface area contributed by atoms with Crippen LogP contribution in [0.2, 0.25) is 0 Å². The molecule has 1 atom stereocenters. The van der Waals surface area contributed by atoms with E-state index in [4.69, 9.17) is 0 Å². The Morgan fingerprint density at radius 2 is 1.81 bits per heavy atom. The maximum atomic E-state index is 11.5. The Morgan fingerprint density at radius 3 is 2.38 bits per heavy atom. The highest BCUT2D eigenvalue weighted by atomic mass is 32.2. The highest BCUT2D eigenvalue weighted by Crippen LogP contribution is 2.17. The van der Waals surface area contributed by atoms with E-state index < -0.39 is 15.9 Å². The van der Waals surface area contributed by atoms with Crippen molar-refractivity contribution in [1.29, 1.82) is 0 Å². The predicted octanol–water partition coefficient (Wildman–Crippen LogP) is 1.70. The highest BCUT2D eigenvalue weighted by molar-refractivity contribution is 7.90. The van der Waals surface area contributed by atoms with Crippen molar-refractivity contribution in [2.24, 2.45) is 0 Å². The highest BCUT2D eigenvalue weighted by Gasteiger charge is 2.10. The van der Waals surface area contributed by atoms with Crippen molar-refractivity contribution in [2.45, 2.75) is 17.5 Å². The summed E-state index contributed by atoms with van der Waals surface area (Å²) in [5.41, 5.74) is 2.70. The van der Waals surface area contributed by atoms with Crippen LogP contribution in [0.15, 0.2) is 59.8 Å². The van der Waals surface area contributed by atoms with E-state index in [0.29, 0.717) is 18.7 Å². The first-order valence-electron chi connectivity index (χ1n) is 8.07. The molecule has 0 aliphatic carbocycles. The number of H-pyrrole nitrogens is 1. The summed E-state index contributed by atoms with van der Waals surface area (Å²) in [6.45, 7) is 0.969. The first kappa shape index (κ1) is 18.2. The predicted molar refractivity (Wildman–Crippen MR) is 98.0 cm³/mol. The summed E-state index contributed by atoms with van der Waals surface area (Å²) in [4.78, 5) is 4.35. The summed E-state index contributed by atoms with van der Waals surface area (Å²) in [5, 5.41) is 20.1. The molecule has 3 aromatic rings. The molecule has 7 nitrogen and oxygen atoms in total. The second-order valence-electron chi connectivity index (χ2n) is 6.02. The van der Waals surface area contributed by atoms with Gasteiger partial charge in [-0.1, -0.05) is 36.4 Å². The van der Waals surface area contributed by atoms with Crippen LogP contribution in [0, 0.1) is 0 Å². The molecule has 0 aliphatic heterocycles. The zero-order valence-electron chi connectivity index (χ0n) is 14.3. The smallest absolute Gasteiger partial charge is 0.175 e. The molecule has 1 aromatic heterocycles. The molecule has 0 bridgehead atoms. The monoisotopic (exact) mass is 372 g/mol. The van der Waals surface area contributed by atoms with E-state index >= 15 is 0 Å². The third-order valence-electron chi connectivity index (χ3n) is 4.00. The number of aromatic amines is 1. The van der Waals surface area contributed by atoms with Gasteiger partial charge in [0.1, 0.15) is 6.33 Å². The molecule has 0 amide bonds. The zero-order valence-corrected chi connectivity index (χ0v) is 15.1. The number of benzene rings is 2. The average Bonchev–Trinajstić information content (AvgIpc) is 3.16. The second kappa shape index (κ2) is 7.77. The quantitative estimate of drug-likeness (QED) is 0.583. The number of hydrogen-bond donors (Lipinski definition) is 3. The van der Waals surface area contributed by atoms with Crippen molar-refractivity contribution in [3.05, 3.63) is 66.0 Å². The lowest BCUT2D eigenvalue weighted by Gasteiger charge is -2.13. The van der Waals surface area contributed by atoms with Gasteiger partial charge < -0.3 is 10.4 Å². The lowest BCUT2D eigenvalue weighted by atomic mass is 10.1. The zero-order chi connectivity index (χ0) is 18.6. The number of sulfone groups is 1. The largest absolute Gasteiger partial charge is 0.387 e. The van der Waals surface area contributed by atoms with Crippen LogP contribution >= 0.6 is 0 Å². The lowest BCUT2D eigenvalue weighted by Crippen LogP contribution is -2.21.